The zero-order valence-electron chi connectivity index (χ0n) is 48.1. The number of carbonyl (C=O) groups is 7. The smallest absolute Gasteiger partial charge is 0.306 e. The number of aromatic hydroxyl groups is 1. The minimum absolute atomic E-state index is 0.0370. The number of nitrogens with two attached hydrogens (primary N) is 2. The Labute approximate surface area is 541 Å². The number of rotatable bonds is 10. The number of nitrogen functional groups attached to an aromatic ring is 1. The molecule has 0 unspecified atom stereocenters. The number of aliphatic hydroxyl groups is 2. The number of benzene rings is 2. The second kappa shape index (κ2) is 26.2. The molecule has 7 aromatic heterocycles. The van der Waals surface area contributed by atoms with Crippen LogP contribution in [0.2, 0.25) is 0 Å². The number of thiazole rings is 6. The first kappa shape index (κ1) is 62.4. The number of phenolic OH excluding ortho intramolecular Hbond substituents is 1. The lowest BCUT2D eigenvalue weighted by molar-refractivity contribution is -0.143. The summed E-state index contributed by atoms with van der Waals surface area (Å²) in [5, 5.41) is 65.0. The number of hydrogen-bond acceptors (Lipinski definition) is 24. The van der Waals surface area contributed by atoms with Crippen molar-refractivity contribution in [2.75, 3.05) is 12.3 Å². The normalized spacial score (nSPS) is 21.6. The van der Waals surface area contributed by atoms with Gasteiger partial charge < -0.3 is 58.1 Å². The number of nitrogens with one attached hydrogen (secondary N) is 4. The van der Waals surface area contributed by atoms with Crippen molar-refractivity contribution in [2.45, 2.75) is 94.8 Å². The average molecular weight is 1340 g/mol. The lowest BCUT2D eigenvalue weighted by Gasteiger charge is -2.29. The van der Waals surface area contributed by atoms with Crippen LogP contribution >= 0.6 is 68.0 Å². The van der Waals surface area contributed by atoms with Gasteiger partial charge in [-0.1, -0.05) is 43.3 Å². The number of primary amides is 1. The van der Waals surface area contributed by atoms with E-state index in [1.54, 1.807) is 78.5 Å². The van der Waals surface area contributed by atoms with E-state index in [4.69, 9.17) is 31.4 Å². The fourth-order valence-corrected chi connectivity index (χ4v) is 16.5. The molecule has 12 rings (SSSR count). The van der Waals surface area contributed by atoms with Crippen molar-refractivity contribution in [3.8, 4) is 49.1 Å². The number of hydrogen-bond donors (Lipinski definition) is 10. The van der Waals surface area contributed by atoms with Crippen LogP contribution in [0.3, 0.4) is 0 Å². The van der Waals surface area contributed by atoms with Crippen LogP contribution in [0.1, 0.15) is 136 Å². The van der Waals surface area contributed by atoms with Gasteiger partial charge in [0.05, 0.1) is 41.9 Å². The minimum atomic E-state index is -1.43. The van der Waals surface area contributed by atoms with Crippen molar-refractivity contribution in [2.24, 2.45) is 17.6 Å². The molecule has 1 saturated carbocycles. The molecule has 0 radical (unpaired) electrons. The van der Waals surface area contributed by atoms with E-state index in [9.17, 15) is 49.2 Å². The fraction of sp³-hybridized carbons (Fsp3) is 0.300. The third kappa shape index (κ3) is 13.2. The summed E-state index contributed by atoms with van der Waals surface area (Å²) < 4.78 is 0. The number of aromatic nitrogens is 7. The summed E-state index contributed by atoms with van der Waals surface area (Å²) in [7, 11) is 0. The Bertz CT molecular complexity index is 4290. The first-order chi connectivity index (χ1) is 43.7. The van der Waals surface area contributed by atoms with Crippen LogP contribution in [0.4, 0.5) is 5.69 Å². The topological polar surface area (TPSA) is 394 Å². The number of carbonyl (C=O) groups excluding carboxylic acids is 6. The van der Waals surface area contributed by atoms with Crippen LogP contribution in [0.25, 0.3) is 43.4 Å². The number of phenols is 1. The van der Waals surface area contributed by atoms with Crippen molar-refractivity contribution in [1.82, 2.24) is 61.1 Å². The molecule has 7 atom stereocenters. The highest BCUT2D eigenvalue weighted by Gasteiger charge is 2.46. The van der Waals surface area contributed by atoms with E-state index in [1.165, 1.54) is 61.8 Å². The molecular formula is C60H56N14O11S6. The van der Waals surface area contributed by atoms with Crippen LogP contribution in [0, 0.1) is 18.8 Å². The predicted molar refractivity (Wildman–Crippen MR) is 341 cm³/mol. The number of amides is 6. The van der Waals surface area contributed by atoms with Gasteiger partial charge in [-0.25, -0.2) is 34.9 Å². The van der Waals surface area contributed by atoms with Gasteiger partial charge in [0, 0.05) is 62.3 Å². The van der Waals surface area contributed by atoms with E-state index in [0.29, 0.717) is 90.1 Å². The molecule has 25 nitrogen and oxygen atoms in total. The number of carboxylic acids is 1. The summed E-state index contributed by atoms with van der Waals surface area (Å²) in [5.74, 6) is -6.04. The molecule has 1 aliphatic carbocycles. The van der Waals surface area contributed by atoms with Crippen LogP contribution in [-0.4, -0.2) is 126 Å². The monoisotopic (exact) mass is 1340 g/mol. The Balaban J connectivity index is 0.934. The molecule has 2 aromatic carbocycles. The number of anilines is 1. The molecule has 9 heterocycles. The number of carboxylic acid groups (broad SMARTS) is 1. The molecule has 6 amide bonds. The van der Waals surface area contributed by atoms with Crippen molar-refractivity contribution in [3.63, 3.8) is 0 Å². The lowest BCUT2D eigenvalue weighted by Crippen LogP contribution is -2.50. The largest absolute Gasteiger partial charge is 0.506 e. The van der Waals surface area contributed by atoms with E-state index in [0.717, 1.165) is 34.0 Å². The molecular weight excluding hydrogens is 1290 g/mol. The molecule has 91 heavy (non-hydrogen) atoms. The van der Waals surface area contributed by atoms with Gasteiger partial charge in [-0.3, -0.25) is 33.6 Å². The maximum absolute atomic E-state index is 15.3. The fourth-order valence-electron chi connectivity index (χ4n) is 11.1. The van der Waals surface area contributed by atoms with Gasteiger partial charge in [0.2, 0.25) is 11.8 Å². The van der Waals surface area contributed by atoms with Crippen LogP contribution in [-0.2, 0) is 20.8 Å². The SMILES string of the molecule is Cc1sc2nc1C(=O)N[C@@H]([C@H](O)c1ccccc1)c1nc(cs1)C(=O)N[C@@H](Cc1ccc(O)c(N)c1)C(=O)N1C[C@H](O)[C@H](C)[C@H]1c1nc(cs1)-c1nc(cs1)-c1nc(-c3nc(C(=O)N[C@H]4CC[C@H](C(=O)O)CC4)cs3)ccc1-c1nc(cs1)C(=O)N[C@H]2CC(N)=O. The van der Waals surface area contributed by atoms with Gasteiger partial charge in [-0.05, 0) is 68.0 Å². The third-order valence-corrected chi connectivity index (χ3v) is 21.5. The van der Waals surface area contributed by atoms with Gasteiger partial charge in [-0.15, -0.1) is 68.0 Å². The summed E-state index contributed by atoms with van der Waals surface area (Å²) in [6, 6.07) is 11.6. The van der Waals surface area contributed by atoms with E-state index < -0.39 is 96.0 Å². The average Bonchev–Trinajstić information content (AvgIpc) is 1.70. The Kier molecular flexibility index (Phi) is 17.9. The molecule has 0 spiro atoms. The van der Waals surface area contributed by atoms with Crippen molar-refractivity contribution in [3.05, 3.63) is 141 Å². The molecule has 2 aliphatic heterocycles. The third-order valence-electron chi connectivity index (χ3n) is 16.0. The standard InChI is InChI=1S/C60H56N14O11S6/c1-25-42(76)19-74-47(25)58-71-40(24-90-58)55-67-36(20-87-55)45-31(13-14-33(64-45)54-69-37(22-88-54)49(79)63-30-11-9-29(10-12-30)60(84)85)53-68-38(21-86-53)50(80)65-34(18-43(62)77)56-73-44(26(2)91-56)52(82)72-46(48(78)28-6-4-3-5-7-28)57-70-39(23-89-57)51(81)66-35(59(74)83)17-27-8-15-41(75)32(61)16-27/h3-8,13-16,20-25,29-30,34-35,42,46-48,75-76,78H,9-12,17-19,61H2,1-2H3,(H2,62,77)(H,63,79)(H,65,80)(H,66,81)(H,72,82)(H,84,85)/t25-,29-,30-,34-,35-,42-,46-,47-,48+/m0/s1. The number of nitrogens with zero attached hydrogens (tertiary/aromatic N) is 8. The predicted octanol–water partition coefficient (Wildman–Crippen LogP) is 7.24. The summed E-state index contributed by atoms with van der Waals surface area (Å²) in [6.45, 7) is 3.30. The Morgan fingerprint density at radius 2 is 1.36 bits per heavy atom. The van der Waals surface area contributed by atoms with E-state index >= 15 is 4.79 Å². The summed E-state index contributed by atoms with van der Waals surface area (Å²) in [5.41, 5.74) is 14.7. The highest BCUT2D eigenvalue weighted by atomic mass is 32.1. The van der Waals surface area contributed by atoms with Gasteiger partial charge in [0.15, 0.2) is 0 Å². The minimum Gasteiger partial charge on any atom is -0.506 e. The molecule has 468 valence electrons. The number of aryl methyl sites for hydroxylation is 1. The van der Waals surface area contributed by atoms with Crippen molar-refractivity contribution < 1.29 is 54.0 Å². The Morgan fingerprint density at radius 3 is 2.11 bits per heavy atom. The van der Waals surface area contributed by atoms with Crippen LogP contribution in [0.15, 0.2) is 87.6 Å². The van der Waals surface area contributed by atoms with E-state index in [2.05, 4.69) is 36.2 Å². The van der Waals surface area contributed by atoms with Crippen LogP contribution in [0.5, 0.6) is 5.75 Å². The van der Waals surface area contributed by atoms with Crippen LogP contribution < -0.4 is 32.7 Å². The molecule has 12 N–H and O–H groups in total. The number of aliphatic carboxylic acids is 1. The molecule has 3 aliphatic rings. The molecule has 1 saturated heterocycles. The second-order valence-electron chi connectivity index (χ2n) is 22.2. The zero-order valence-corrected chi connectivity index (χ0v) is 53.0. The van der Waals surface area contributed by atoms with Gasteiger partial charge in [0.25, 0.3) is 23.6 Å². The summed E-state index contributed by atoms with van der Waals surface area (Å²) >= 11 is 6.84. The number of fused-ring (bicyclic) bond motifs is 16. The first-order valence-electron chi connectivity index (χ1n) is 28.5. The van der Waals surface area contributed by atoms with Gasteiger partial charge in [-0.2, -0.15) is 0 Å². The lowest BCUT2D eigenvalue weighted by atomic mass is 9.86. The quantitative estimate of drug-likeness (QED) is 0.0476. The molecule has 31 heteroatoms. The highest BCUT2D eigenvalue weighted by Crippen LogP contribution is 2.43. The second-order valence-corrected chi connectivity index (χ2v) is 27.7. The summed E-state index contributed by atoms with van der Waals surface area (Å²) in [4.78, 5) is 132. The molecule has 9 aromatic rings. The van der Waals surface area contributed by atoms with E-state index in [1.807, 2.05) is 0 Å². The number of pyridine rings is 1. The Hall–Kier alpha value is -8.82. The van der Waals surface area contributed by atoms with Gasteiger partial charge in [0.1, 0.15) is 93.8 Å². The number of aliphatic hydroxyl groups excluding tert-OH is 2. The Morgan fingerprint density at radius 1 is 0.703 bits per heavy atom. The first-order valence-corrected chi connectivity index (χ1v) is 33.8. The molecule has 10 bridgehead atoms. The maximum Gasteiger partial charge on any atom is 0.306 e. The van der Waals surface area contributed by atoms with Gasteiger partial charge >= 0.3 is 5.97 Å². The zero-order chi connectivity index (χ0) is 63.9. The van der Waals surface area contributed by atoms with Crippen molar-refractivity contribution in [1.29, 1.82) is 0 Å². The van der Waals surface area contributed by atoms with Crippen molar-refractivity contribution >= 4 is 115 Å². The maximum atomic E-state index is 15.3. The molecule has 2 fully saturated rings. The summed E-state index contributed by atoms with van der Waals surface area (Å²) in [6.07, 6.45) is -1.03. The van der Waals surface area contributed by atoms with E-state index in [-0.39, 0.29) is 63.2 Å². The highest BCUT2D eigenvalue weighted by molar-refractivity contribution is 7.15.